The fourth-order valence-electron chi connectivity index (χ4n) is 2.21. The molecule has 0 radical (unpaired) electrons. The van der Waals surface area contributed by atoms with Crippen molar-refractivity contribution in [1.82, 2.24) is 4.72 Å². The maximum absolute atomic E-state index is 12.3. The van der Waals surface area contributed by atoms with Crippen LogP contribution in [-0.2, 0) is 14.8 Å². The molecule has 1 saturated heterocycles. The zero-order chi connectivity index (χ0) is 14.6. The number of nitrogens with one attached hydrogen (secondary N) is 1. The lowest BCUT2D eigenvalue weighted by molar-refractivity contribution is 0.0200. The van der Waals surface area contributed by atoms with Crippen molar-refractivity contribution in [2.75, 3.05) is 13.2 Å². The third kappa shape index (κ3) is 3.57. The number of nitriles is 1. The summed E-state index contributed by atoms with van der Waals surface area (Å²) in [4.78, 5) is 0.160. The van der Waals surface area contributed by atoms with E-state index in [1.165, 1.54) is 6.07 Å². The average molecular weight is 294 g/mol. The molecule has 1 heterocycles. The van der Waals surface area contributed by atoms with Crippen LogP contribution in [0.4, 0.5) is 0 Å². The second kappa shape index (κ2) is 6.35. The van der Waals surface area contributed by atoms with Gasteiger partial charge in [0.25, 0.3) is 0 Å². The Labute approximate surface area is 119 Å². The first-order valence-electron chi connectivity index (χ1n) is 6.65. The summed E-state index contributed by atoms with van der Waals surface area (Å²) in [5.74, 6) is 0. The molecule has 1 aromatic rings. The van der Waals surface area contributed by atoms with E-state index in [0.29, 0.717) is 17.7 Å². The minimum absolute atomic E-state index is 0.0574. The highest BCUT2D eigenvalue weighted by Gasteiger charge is 2.21. The van der Waals surface area contributed by atoms with E-state index in [1.807, 2.05) is 6.07 Å². The highest BCUT2D eigenvalue weighted by atomic mass is 32.2. The van der Waals surface area contributed by atoms with Crippen LogP contribution in [0.5, 0.6) is 0 Å². The van der Waals surface area contributed by atoms with E-state index in [2.05, 4.69) is 4.72 Å². The molecule has 1 aliphatic rings. The van der Waals surface area contributed by atoms with Gasteiger partial charge in [0.15, 0.2) is 0 Å². The molecule has 1 aromatic carbocycles. The molecule has 1 unspecified atom stereocenters. The quantitative estimate of drug-likeness (QED) is 0.917. The van der Waals surface area contributed by atoms with Gasteiger partial charge in [-0.05, 0) is 43.9 Å². The Hall–Kier alpha value is -1.42. The van der Waals surface area contributed by atoms with Gasteiger partial charge < -0.3 is 4.74 Å². The molecule has 1 N–H and O–H groups in total. The molecule has 1 fully saturated rings. The molecule has 0 bridgehead atoms. The van der Waals surface area contributed by atoms with Gasteiger partial charge in [-0.2, -0.15) is 5.26 Å². The molecular formula is C14H18N2O3S. The normalized spacial score (nSPS) is 19.5. The van der Waals surface area contributed by atoms with E-state index in [-0.39, 0.29) is 17.5 Å². The van der Waals surface area contributed by atoms with Gasteiger partial charge in [0.1, 0.15) is 0 Å². The Morgan fingerprint density at radius 3 is 2.90 bits per heavy atom. The van der Waals surface area contributed by atoms with Crippen LogP contribution in [0.1, 0.15) is 30.4 Å². The summed E-state index contributed by atoms with van der Waals surface area (Å²) in [7, 11) is -3.60. The van der Waals surface area contributed by atoms with Gasteiger partial charge in [-0.25, -0.2) is 13.1 Å². The Balaban J connectivity index is 2.11. The second-order valence-electron chi connectivity index (χ2n) is 4.93. The fraction of sp³-hybridized carbons (Fsp3) is 0.500. The number of ether oxygens (including phenoxy) is 1. The number of benzene rings is 1. The summed E-state index contributed by atoms with van der Waals surface area (Å²) < 4.78 is 32.7. The fourth-order valence-corrected chi connectivity index (χ4v) is 3.54. The maximum Gasteiger partial charge on any atom is 0.240 e. The van der Waals surface area contributed by atoms with Crippen molar-refractivity contribution in [1.29, 1.82) is 5.26 Å². The molecule has 0 aliphatic carbocycles. The van der Waals surface area contributed by atoms with Gasteiger partial charge in [0.05, 0.1) is 22.6 Å². The molecule has 108 valence electrons. The lowest BCUT2D eigenvalue weighted by atomic mass is 10.1. The zero-order valence-corrected chi connectivity index (χ0v) is 12.2. The predicted octanol–water partition coefficient (Wildman–Crippen LogP) is 1.71. The lowest BCUT2D eigenvalue weighted by Crippen LogP contribution is -2.35. The molecule has 0 amide bonds. The summed E-state index contributed by atoms with van der Waals surface area (Å²) in [6, 6.07) is 6.61. The first kappa shape index (κ1) is 15.0. The van der Waals surface area contributed by atoms with Gasteiger partial charge in [0, 0.05) is 13.2 Å². The molecule has 1 atom stereocenters. The van der Waals surface area contributed by atoms with E-state index in [4.69, 9.17) is 10.00 Å². The summed E-state index contributed by atoms with van der Waals surface area (Å²) in [6.07, 6.45) is 2.92. The van der Waals surface area contributed by atoms with Gasteiger partial charge in [-0.1, -0.05) is 6.07 Å². The minimum Gasteiger partial charge on any atom is -0.377 e. The highest BCUT2D eigenvalue weighted by Crippen LogP contribution is 2.18. The molecule has 1 aliphatic heterocycles. The van der Waals surface area contributed by atoms with Crippen molar-refractivity contribution < 1.29 is 13.2 Å². The van der Waals surface area contributed by atoms with Crippen molar-refractivity contribution in [2.45, 2.75) is 37.2 Å². The number of hydrogen-bond acceptors (Lipinski definition) is 4. The largest absolute Gasteiger partial charge is 0.377 e. The predicted molar refractivity (Wildman–Crippen MR) is 74.7 cm³/mol. The monoisotopic (exact) mass is 294 g/mol. The summed E-state index contributed by atoms with van der Waals surface area (Å²) >= 11 is 0. The molecule has 0 spiro atoms. The van der Waals surface area contributed by atoms with Gasteiger partial charge in [-0.3, -0.25) is 0 Å². The maximum atomic E-state index is 12.3. The first-order valence-corrected chi connectivity index (χ1v) is 8.13. The third-order valence-corrected chi connectivity index (χ3v) is 4.95. The van der Waals surface area contributed by atoms with E-state index >= 15 is 0 Å². The summed E-state index contributed by atoms with van der Waals surface area (Å²) in [5.41, 5.74) is 0.964. The molecule has 20 heavy (non-hydrogen) atoms. The Morgan fingerprint density at radius 1 is 1.45 bits per heavy atom. The smallest absolute Gasteiger partial charge is 0.240 e. The standard InChI is InChI=1S/C14H18N2O3S/c1-11-5-6-12(9-15)8-14(11)20(17,18)16-10-13-4-2-3-7-19-13/h5-6,8,13,16H,2-4,7,10H2,1H3. The highest BCUT2D eigenvalue weighted by molar-refractivity contribution is 7.89. The van der Waals surface area contributed by atoms with Crippen molar-refractivity contribution in [3.63, 3.8) is 0 Å². The van der Waals surface area contributed by atoms with Crippen LogP contribution in [0.3, 0.4) is 0 Å². The van der Waals surface area contributed by atoms with E-state index in [1.54, 1.807) is 19.1 Å². The average Bonchev–Trinajstić information content (AvgIpc) is 2.47. The molecule has 5 nitrogen and oxygen atoms in total. The molecular weight excluding hydrogens is 276 g/mol. The van der Waals surface area contributed by atoms with Crippen molar-refractivity contribution in [2.24, 2.45) is 0 Å². The third-order valence-electron chi connectivity index (χ3n) is 3.38. The van der Waals surface area contributed by atoms with Crippen molar-refractivity contribution in [3.8, 4) is 6.07 Å². The molecule has 0 aromatic heterocycles. The number of hydrogen-bond donors (Lipinski definition) is 1. The van der Waals surface area contributed by atoms with E-state index in [9.17, 15) is 8.42 Å². The second-order valence-corrected chi connectivity index (χ2v) is 6.67. The number of rotatable bonds is 4. The van der Waals surface area contributed by atoms with Gasteiger partial charge in [-0.15, -0.1) is 0 Å². The van der Waals surface area contributed by atoms with Crippen LogP contribution < -0.4 is 4.72 Å². The number of sulfonamides is 1. The summed E-state index contributed by atoms with van der Waals surface area (Å²) in [6.45, 7) is 2.68. The van der Waals surface area contributed by atoms with Crippen LogP contribution in [-0.4, -0.2) is 27.7 Å². The minimum atomic E-state index is -3.60. The number of aryl methyl sites for hydroxylation is 1. The van der Waals surface area contributed by atoms with E-state index < -0.39 is 10.0 Å². The first-order chi connectivity index (χ1) is 9.53. The van der Waals surface area contributed by atoms with Crippen LogP contribution in [0.15, 0.2) is 23.1 Å². The van der Waals surface area contributed by atoms with Gasteiger partial charge >= 0.3 is 0 Å². The van der Waals surface area contributed by atoms with Crippen molar-refractivity contribution in [3.05, 3.63) is 29.3 Å². The SMILES string of the molecule is Cc1ccc(C#N)cc1S(=O)(=O)NCC1CCCCO1. The van der Waals surface area contributed by atoms with Crippen LogP contribution in [0.25, 0.3) is 0 Å². The zero-order valence-electron chi connectivity index (χ0n) is 11.4. The Bertz CT molecular complexity index is 614. The number of nitrogens with zero attached hydrogens (tertiary/aromatic N) is 1. The Morgan fingerprint density at radius 2 is 2.25 bits per heavy atom. The molecule has 0 saturated carbocycles. The summed E-state index contributed by atoms with van der Waals surface area (Å²) in [5, 5.41) is 8.87. The van der Waals surface area contributed by atoms with Crippen LogP contribution >= 0.6 is 0 Å². The van der Waals surface area contributed by atoms with Crippen molar-refractivity contribution >= 4 is 10.0 Å². The van der Waals surface area contributed by atoms with Crippen LogP contribution in [0.2, 0.25) is 0 Å². The van der Waals surface area contributed by atoms with Crippen LogP contribution in [0, 0.1) is 18.3 Å². The lowest BCUT2D eigenvalue weighted by Gasteiger charge is -2.22. The van der Waals surface area contributed by atoms with E-state index in [0.717, 1.165) is 19.3 Å². The van der Waals surface area contributed by atoms with Gasteiger partial charge in [0.2, 0.25) is 10.0 Å². The Kier molecular flexibility index (Phi) is 4.76. The molecule has 6 heteroatoms. The molecule has 2 rings (SSSR count). The topological polar surface area (TPSA) is 79.2 Å².